The zero-order chi connectivity index (χ0) is 17.8. The second-order valence-corrected chi connectivity index (χ2v) is 4.30. The number of nitrogens with zero attached hydrogens (tertiary/aromatic N) is 1. The molecule has 1 fully saturated rings. The molecule has 0 spiro atoms. The van der Waals surface area contributed by atoms with E-state index in [1.165, 1.54) is 5.32 Å². The van der Waals surface area contributed by atoms with Gasteiger partial charge in [-0.05, 0) is 0 Å². The molecule has 23 heavy (non-hydrogen) atoms. The van der Waals surface area contributed by atoms with Crippen LogP contribution in [0.5, 0.6) is 0 Å². The van der Waals surface area contributed by atoms with E-state index in [0.717, 1.165) is 7.11 Å². The average molecular weight is 340 g/mol. The summed E-state index contributed by atoms with van der Waals surface area (Å²) in [7, 11) is 0.907. The SMILES string of the molecule is COC(=O)C[C@H](NC(=O)C(F)(F)F)C(=O)ON1C(=O)CCC1=O. The maximum absolute atomic E-state index is 12.2. The van der Waals surface area contributed by atoms with Crippen molar-refractivity contribution in [1.82, 2.24) is 10.4 Å². The van der Waals surface area contributed by atoms with E-state index in [0.29, 0.717) is 0 Å². The van der Waals surface area contributed by atoms with Crippen LogP contribution >= 0.6 is 0 Å². The monoisotopic (exact) mass is 340 g/mol. The van der Waals surface area contributed by atoms with Crippen LogP contribution in [0.1, 0.15) is 19.3 Å². The molecule has 1 saturated heterocycles. The minimum Gasteiger partial charge on any atom is -0.469 e. The van der Waals surface area contributed by atoms with Gasteiger partial charge < -0.3 is 14.9 Å². The fourth-order valence-corrected chi connectivity index (χ4v) is 1.49. The second kappa shape index (κ2) is 7.07. The first-order chi connectivity index (χ1) is 10.6. The number of esters is 1. The number of nitrogens with one attached hydrogen (secondary N) is 1. The lowest BCUT2D eigenvalue weighted by Crippen LogP contribution is -2.50. The predicted molar refractivity (Wildman–Crippen MR) is 61.8 cm³/mol. The van der Waals surface area contributed by atoms with E-state index in [9.17, 15) is 37.1 Å². The van der Waals surface area contributed by atoms with Crippen LogP contribution in [-0.2, 0) is 33.5 Å². The molecule has 1 heterocycles. The van der Waals surface area contributed by atoms with E-state index >= 15 is 0 Å². The van der Waals surface area contributed by atoms with Gasteiger partial charge in [-0.3, -0.25) is 19.2 Å². The van der Waals surface area contributed by atoms with Crippen LogP contribution in [0.25, 0.3) is 0 Å². The summed E-state index contributed by atoms with van der Waals surface area (Å²) in [5.41, 5.74) is 0. The molecule has 128 valence electrons. The second-order valence-electron chi connectivity index (χ2n) is 4.30. The lowest BCUT2D eigenvalue weighted by atomic mass is 10.2. The first kappa shape index (κ1) is 18.4. The van der Waals surface area contributed by atoms with Crippen LogP contribution in [-0.4, -0.2) is 54.1 Å². The summed E-state index contributed by atoms with van der Waals surface area (Å²) in [6.45, 7) is 0. The van der Waals surface area contributed by atoms with Gasteiger partial charge in [0.25, 0.3) is 11.8 Å². The zero-order valence-electron chi connectivity index (χ0n) is 11.6. The summed E-state index contributed by atoms with van der Waals surface area (Å²) >= 11 is 0. The summed E-state index contributed by atoms with van der Waals surface area (Å²) in [6, 6.07) is -2.09. The molecule has 0 aromatic rings. The van der Waals surface area contributed by atoms with E-state index in [1.807, 2.05) is 0 Å². The van der Waals surface area contributed by atoms with Crippen LogP contribution in [0.2, 0.25) is 0 Å². The molecule has 1 rings (SSSR count). The number of imide groups is 1. The Balaban J connectivity index is 2.83. The fourth-order valence-electron chi connectivity index (χ4n) is 1.49. The van der Waals surface area contributed by atoms with E-state index in [4.69, 9.17) is 0 Å². The number of carbonyl (C=O) groups excluding carboxylic acids is 5. The van der Waals surface area contributed by atoms with Gasteiger partial charge >= 0.3 is 24.0 Å². The van der Waals surface area contributed by atoms with Crippen molar-refractivity contribution in [3.63, 3.8) is 0 Å². The van der Waals surface area contributed by atoms with Gasteiger partial charge in [0.1, 0.15) is 6.04 Å². The molecule has 12 heteroatoms. The van der Waals surface area contributed by atoms with Gasteiger partial charge in [0.2, 0.25) is 0 Å². The van der Waals surface area contributed by atoms with Crippen molar-refractivity contribution < 1.29 is 46.7 Å². The summed E-state index contributed by atoms with van der Waals surface area (Å²) in [4.78, 5) is 60.6. The van der Waals surface area contributed by atoms with E-state index in [-0.39, 0.29) is 17.9 Å². The molecule has 1 aliphatic rings. The topological polar surface area (TPSA) is 119 Å². The fraction of sp³-hybridized carbons (Fsp3) is 0.545. The molecular weight excluding hydrogens is 329 g/mol. The lowest BCUT2D eigenvalue weighted by molar-refractivity contribution is -0.200. The van der Waals surface area contributed by atoms with E-state index in [1.54, 1.807) is 0 Å². The van der Waals surface area contributed by atoms with Gasteiger partial charge in [0, 0.05) is 12.8 Å². The van der Waals surface area contributed by atoms with Crippen LogP contribution in [0.15, 0.2) is 0 Å². The highest BCUT2D eigenvalue weighted by Crippen LogP contribution is 2.16. The van der Waals surface area contributed by atoms with Gasteiger partial charge in [-0.2, -0.15) is 13.2 Å². The maximum Gasteiger partial charge on any atom is 0.471 e. The Morgan fingerprint density at radius 2 is 1.74 bits per heavy atom. The zero-order valence-corrected chi connectivity index (χ0v) is 11.6. The van der Waals surface area contributed by atoms with Crippen molar-refractivity contribution in [2.75, 3.05) is 7.11 Å². The van der Waals surface area contributed by atoms with Crippen molar-refractivity contribution in [1.29, 1.82) is 0 Å². The van der Waals surface area contributed by atoms with Crippen LogP contribution in [0.3, 0.4) is 0 Å². The Hall–Kier alpha value is -2.66. The highest BCUT2D eigenvalue weighted by atomic mass is 19.4. The minimum absolute atomic E-state index is 0.0758. The molecule has 0 saturated carbocycles. The number of halogens is 3. The van der Waals surface area contributed by atoms with Gasteiger partial charge in [0.15, 0.2) is 0 Å². The largest absolute Gasteiger partial charge is 0.471 e. The molecular formula is C11H11F3N2O7. The molecule has 0 unspecified atom stereocenters. The molecule has 0 radical (unpaired) electrons. The summed E-state index contributed by atoms with van der Waals surface area (Å²) in [6.07, 6.45) is -6.76. The standard InChI is InChI=1S/C11H11F3N2O7/c1-22-8(19)4-5(15-10(21)11(12,13)14)9(20)23-16-6(17)2-3-7(16)18/h5H,2-4H2,1H3,(H,15,21)/t5-/m0/s1. The number of hydroxylamine groups is 2. The Kier molecular flexibility index (Phi) is 5.65. The number of hydrogen-bond donors (Lipinski definition) is 1. The normalized spacial score (nSPS) is 16.1. The molecule has 1 aliphatic heterocycles. The number of carbonyl (C=O) groups is 5. The molecule has 0 bridgehead atoms. The van der Waals surface area contributed by atoms with Gasteiger partial charge in [-0.25, -0.2) is 4.79 Å². The molecule has 1 N–H and O–H groups in total. The molecule has 3 amide bonds. The Morgan fingerprint density at radius 3 is 2.17 bits per heavy atom. The smallest absolute Gasteiger partial charge is 0.469 e. The number of methoxy groups -OCH3 is 1. The summed E-state index contributed by atoms with van der Waals surface area (Å²) in [5, 5.41) is 1.31. The van der Waals surface area contributed by atoms with E-state index in [2.05, 4.69) is 9.57 Å². The van der Waals surface area contributed by atoms with Gasteiger partial charge in [-0.1, -0.05) is 0 Å². The molecule has 0 aromatic carbocycles. The average Bonchev–Trinajstić information content (AvgIpc) is 2.76. The summed E-state index contributed by atoms with van der Waals surface area (Å²) in [5.74, 6) is -6.95. The van der Waals surface area contributed by atoms with Crippen LogP contribution < -0.4 is 5.32 Å². The third kappa shape index (κ3) is 4.93. The van der Waals surface area contributed by atoms with Crippen LogP contribution in [0, 0.1) is 0 Å². The first-order valence-electron chi connectivity index (χ1n) is 6.08. The Bertz CT molecular complexity index is 530. The lowest BCUT2D eigenvalue weighted by Gasteiger charge is -2.19. The first-order valence-corrected chi connectivity index (χ1v) is 6.08. The van der Waals surface area contributed by atoms with Crippen molar-refractivity contribution >= 4 is 29.7 Å². The Morgan fingerprint density at radius 1 is 1.22 bits per heavy atom. The third-order valence-corrected chi connectivity index (χ3v) is 2.63. The van der Waals surface area contributed by atoms with Gasteiger partial charge in [0.05, 0.1) is 13.5 Å². The number of amides is 3. The molecule has 9 nitrogen and oxygen atoms in total. The summed E-state index contributed by atoms with van der Waals surface area (Å²) < 4.78 is 40.9. The Labute approximate surface area is 126 Å². The van der Waals surface area contributed by atoms with Crippen molar-refractivity contribution in [3.8, 4) is 0 Å². The van der Waals surface area contributed by atoms with Crippen molar-refractivity contribution in [3.05, 3.63) is 0 Å². The molecule has 0 aromatic heterocycles. The molecule has 0 aliphatic carbocycles. The highest BCUT2D eigenvalue weighted by Gasteiger charge is 2.43. The van der Waals surface area contributed by atoms with Gasteiger partial charge in [-0.15, -0.1) is 5.06 Å². The van der Waals surface area contributed by atoms with Crippen molar-refractivity contribution in [2.24, 2.45) is 0 Å². The maximum atomic E-state index is 12.2. The third-order valence-electron chi connectivity index (χ3n) is 2.63. The number of rotatable bonds is 5. The van der Waals surface area contributed by atoms with E-state index < -0.39 is 48.3 Å². The predicted octanol–water partition coefficient (Wildman–Crippen LogP) is -0.796. The van der Waals surface area contributed by atoms with Crippen LogP contribution in [0.4, 0.5) is 13.2 Å². The number of alkyl halides is 3. The minimum atomic E-state index is -5.31. The highest BCUT2D eigenvalue weighted by molar-refractivity contribution is 6.02. The number of ether oxygens (including phenoxy) is 1. The quantitative estimate of drug-likeness (QED) is 0.514. The molecule has 1 atom stereocenters. The number of hydrogen-bond acceptors (Lipinski definition) is 7. The van der Waals surface area contributed by atoms with Crippen molar-refractivity contribution in [2.45, 2.75) is 31.5 Å².